The third-order valence-electron chi connectivity index (χ3n) is 5.56. The van der Waals surface area contributed by atoms with Crippen LogP contribution in [0, 0.1) is 6.92 Å². The van der Waals surface area contributed by atoms with Crippen LogP contribution >= 0.6 is 0 Å². The van der Waals surface area contributed by atoms with Crippen LogP contribution in [0.15, 0.2) is 88.9 Å². The number of nitrogens with one attached hydrogen (secondary N) is 1. The largest absolute Gasteiger partial charge is 0.284 e. The number of nitrogens with zero attached hydrogens (tertiary/aromatic N) is 2. The number of hydrogen-bond donors (Lipinski definition) is 1. The lowest BCUT2D eigenvalue weighted by Gasteiger charge is -2.24. The molecule has 1 aliphatic rings. The Morgan fingerprint density at radius 3 is 2.33 bits per heavy atom. The van der Waals surface area contributed by atoms with Gasteiger partial charge in [-0.25, -0.2) is 8.42 Å². The van der Waals surface area contributed by atoms with Gasteiger partial charge < -0.3 is 0 Å². The van der Waals surface area contributed by atoms with Crippen LogP contribution in [-0.2, 0) is 20.0 Å². The standard InChI is InChI=1S/C24H25N3O4S2/c1-3-32(28,29)26-20-12-9-11-19(16-20)23-17-24(22-15-8-7-10-18(22)2)27(25-23)33(30,31)21-13-5-4-6-14-21/h4-16,24,26H,3,17H2,1-2H3. The first-order valence-corrected chi connectivity index (χ1v) is 13.6. The van der Waals surface area contributed by atoms with Gasteiger partial charge in [0.15, 0.2) is 0 Å². The molecular weight excluding hydrogens is 458 g/mol. The molecule has 1 aliphatic heterocycles. The lowest BCUT2D eigenvalue weighted by atomic mass is 9.96. The zero-order valence-corrected chi connectivity index (χ0v) is 20.0. The monoisotopic (exact) mass is 483 g/mol. The van der Waals surface area contributed by atoms with Crippen molar-refractivity contribution in [1.29, 1.82) is 0 Å². The summed E-state index contributed by atoms with van der Waals surface area (Å²) in [6.07, 6.45) is 0.362. The Labute approximate surface area is 194 Å². The van der Waals surface area contributed by atoms with Gasteiger partial charge >= 0.3 is 0 Å². The first-order valence-electron chi connectivity index (χ1n) is 10.5. The summed E-state index contributed by atoms with van der Waals surface area (Å²) in [6, 6.07) is 22.2. The van der Waals surface area contributed by atoms with Crippen molar-refractivity contribution >= 4 is 31.4 Å². The van der Waals surface area contributed by atoms with Crippen LogP contribution in [0.5, 0.6) is 0 Å². The minimum Gasteiger partial charge on any atom is -0.284 e. The molecule has 0 aliphatic carbocycles. The average Bonchev–Trinajstić information content (AvgIpc) is 3.26. The van der Waals surface area contributed by atoms with Gasteiger partial charge in [-0.2, -0.15) is 17.9 Å². The molecule has 0 aromatic heterocycles. The second-order valence-corrected chi connectivity index (χ2v) is 11.6. The van der Waals surface area contributed by atoms with E-state index in [9.17, 15) is 16.8 Å². The number of sulfonamides is 2. The van der Waals surface area contributed by atoms with Crippen molar-refractivity contribution in [2.24, 2.45) is 5.10 Å². The van der Waals surface area contributed by atoms with Gasteiger partial charge in [0, 0.05) is 12.1 Å². The van der Waals surface area contributed by atoms with Gasteiger partial charge in [0.25, 0.3) is 10.0 Å². The zero-order chi connectivity index (χ0) is 23.6. The molecule has 4 rings (SSSR count). The number of hydrazone groups is 1. The molecule has 3 aromatic rings. The molecule has 7 nitrogen and oxygen atoms in total. The van der Waals surface area contributed by atoms with E-state index in [4.69, 9.17) is 0 Å². The summed E-state index contributed by atoms with van der Waals surface area (Å²) < 4.78 is 54.7. The molecule has 0 amide bonds. The third-order valence-corrected chi connectivity index (χ3v) is 8.56. The van der Waals surface area contributed by atoms with Crippen LogP contribution in [0.1, 0.15) is 36.1 Å². The number of hydrogen-bond acceptors (Lipinski definition) is 5. The number of benzene rings is 3. The molecule has 3 aromatic carbocycles. The van der Waals surface area contributed by atoms with Crippen LogP contribution in [0.2, 0.25) is 0 Å². The highest BCUT2D eigenvalue weighted by molar-refractivity contribution is 7.92. The summed E-state index contributed by atoms with van der Waals surface area (Å²) in [5.74, 6) is -0.0450. The van der Waals surface area contributed by atoms with E-state index in [-0.39, 0.29) is 10.6 Å². The Morgan fingerprint density at radius 2 is 1.64 bits per heavy atom. The fraction of sp³-hybridized carbons (Fsp3) is 0.208. The number of aryl methyl sites for hydroxylation is 1. The molecule has 1 heterocycles. The van der Waals surface area contributed by atoms with E-state index in [1.54, 1.807) is 61.5 Å². The van der Waals surface area contributed by atoms with E-state index >= 15 is 0 Å². The number of rotatable bonds is 7. The lowest BCUT2D eigenvalue weighted by Crippen LogP contribution is -2.27. The first kappa shape index (κ1) is 23.0. The highest BCUT2D eigenvalue weighted by Crippen LogP contribution is 2.38. The second-order valence-electron chi connectivity index (χ2n) is 7.80. The van der Waals surface area contributed by atoms with E-state index in [1.165, 1.54) is 4.41 Å². The Kier molecular flexibility index (Phi) is 6.27. The summed E-state index contributed by atoms with van der Waals surface area (Å²) in [5, 5.41) is 4.55. The second kappa shape index (κ2) is 8.99. The van der Waals surface area contributed by atoms with Gasteiger partial charge in [-0.15, -0.1) is 0 Å². The fourth-order valence-electron chi connectivity index (χ4n) is 3.79. The molecule has 1 unspecified atom stereocenters. The molecule has 1 N–H and O–H groups in total. The Morgan fingerprint density at radius 1 is 0.939 bits per heavy atom. The van der Waals surface area contributed by atoms with E-state index < -0.39 is 26.1 Å². The lowest BCUT2D eigenvalue weighted by molar-refractivity contribution is 0.370. The van der Waals surface area contributed by atoms with Gasteiger partial charge in [-0.1, -0.05) is 54.6 Å². The molecular formula is C24H25N3O4S2. The van der Waals surface area contributed by atoms with E-state index in [0.717, 1.165) is 11.1 Å². The van der Waals surface area contributed by atoms with E-state index in [1.807, 2.05) is 31.2 Å². The predicted molar refractivity (Wildman–Crippen MR) is 130 cm³/mol. The molecule has 0 bridgehead atoms. The average molecular weight is 484 g/mol. The molecule has 33 heavy (non-hydrogen) atoms. The summed E-state index contributed by atoms with van der Waals surface area (Å²) >= 11 is 0. The highest BCUT2D eigenvalue weighted by atomic mass is 32.2. The molecule has 0 radical (unpaired) electrons. The van der Waals surface area contributed by atoms with Gasteiger partial charge in [0.1, 0.15) is 0 Å². The van der Waals surface area contributed by atoms with Crippen molar-refractivity contribution in [3.63, 3.8) is 0 Å². The molecule has 0 saturated heterocycles. The van der Waals surface area contributed by atoms with Crippen LogP contribution in [0.25, 0.3) is 0 Å². The van der Waals surface area contributed by atoms with Crippen LogP contribution < -0.4 is 4.72 Å². The van der Waals surface area contributed by atoms with Crippen LogP contribution in [-0.4, -0.2) is 32.7 Å². The van der Waals surface area contributed by atoms with Crippen LogP contribution in [0.4, 0.5) is 5.69 Å². The fourth-order valence-corrected chi connectivity index (χ4v) is 5.87. The highest BCUT2D eigenvalue weighted by Gasteiger charge is 2.38. The Balaban J connectivity index is 1.78. The summed E-state index contributed by atoms with van der Waals surface area (Å²) in [6.45, 7) is 3.51. The van der Waals surface area contributed by atoms with Gasteiger partial charge in [0.2, 0.25) is 10.0 Å². The van der Waals surface area contributed by atoms with Crippen molar-refractivity contribution in [3.8, 4) is 0 Å². The Bertz CT molecular complexity index is 1400. The smallest absolute Gasteiger partial charge is 0.279 e. The maximum atomic E-state index is 13.5. The van der Waals surface area contributed by atoms with E-state index in [2.05, 4.69) is 9.82 Å². The number of anilines is 1. The van der Waals surface area contributed by atoms with Crippen molar-refractivity contribution in [2.45, 2.75) is 31.2 Å². The minimum absolute atomic E-state index is 0.0450. The van der Waals surface area contributed by atoms with Gasteiger partial charge in [0.05, 0.1) is 22.4 Å². The van der Waals surface area contributed by atoms with E-state index in [0.29, 0.717) is 23.4 Å². The Hall–Kier alpha value is -3.17. The maximum absolute atomic E-state index is 13.5. The van der Waals surface area contributed by atoms with Crippen molar-refractivity contribution in [2.75, 3.05) is 10.5 Å². The van der Waals surface area contributed by atoms with Crippen LogP contribution in [0.3, 0.4) is 0 Å². The summed E-state index contributed by atoms with van der Waals surface area (Å²) in [5.41, 5.74) is 3.49. The van der Waals surface area contributed by atoms with Crippen molar-refractivity contribution < 1.29 is 16.8 Å². The zero-order valence-electron chi connectivity index (χ0n) is 18.3. The quantitative estimate of drug-likeness (QED) is 0.542. The molecule has 9 heteroatoms. The van der Waals surface area contributed by atoms with Crippen molar-refractivity contribution in [1.82, 2.24) is 4.41 Å². The first-order chi connectivity index (χ1) is 15.7. The molecule has 0 saturated carbocycles. The molecule has 172 valence electrons. The minimum atomic E-state index is -3.90. The predicted octanol–water partition coefficient (Wildman–Crippen LogP) is 4.30. The third kappa shape index (κ3) is 4.79. The molecule has 0 fully saturated rings. The SMILES string of the molecule is CCS(=O)(=O)Nc1cccc(C2=NN(S(=O)(=O)c3ccccc3)C(c3ccccc3C)C2)c1. The van der Waals surface area contributed by atoms with Gasteiger partial charge in [-0.05, 0) is 54.8 Å². The molecule has 1 atom stereocenters. The van der Waals surface area contributed by atoms with Gasteiger partial charge in [-0.3, -0.25) is 4.72 Å². The van der Waals surface area contributed by atoms with Crippen molar-refractivity contribution in [3.05, 3.63) is 95.6 Å². The maximum Gasteiger partial charge on any atom is 0.279 e. The summed E-state index contributed by atoms with van der Waals surface area (Å²) in [4.78, 5) is 0.165. The summed E-state index contributed by atoms with van der Waals surface area (Å²) in [7, 11) is -7.34. The molecule has 0 spiro atoms. The topological polar surface area (TPSA) is 95.9 Å². The normalized spacial score (nSPS) is 16.5.